The Kier molecular flexibility index (Phi) is 6.65. The Morgan fingerprint density at radius 2 is 2.11 bits per heavy atom. The summed E-state index contributed by atoms with van der Waals surface area (Å²) in [6.45, 7) is 4.77. The minimum absolute atomic E-state index is 0.239. The van der Waals surface area contributed by atoms with Gasteiger partial charge in [-0.3, -0.25) is 4.79 Å². The molecule has 0 atom stereocenters. The zero-order valence-electron chi connectivity index (χ0n) is 10.9. The highest BCUT2D eigenvalue weighted by atomic mass is 32.2. The Morgan fingerprint density at radius 1 is 1.33 bits per heavy atom. The summed E-state index contributed by atoms with van der Waals surface area (Å²) in [4.78, 5) is 10.3. The molecule has 3 nitrogen and oxygen atoms in total. The summed E-state index contributed by atoms with van der Waals surface area (Å²) in [5.41, 5.74) is 2.35. The Balaban J connectivity index is 2.14. The lowest BCUT2D eigenvalue weighted by Gasteiger charge is -2.09. The van der Waals surface area contributed by atoms with E-state index in [0.717, 1.165) is 23.5 Å². The highest BCUT2D eigenvalue weighted by Crippen LogP contribution is 2.19. The van der Waals surface area contributed by atoms with Crippen molar-refractivity contribution in [2.45, 2.75) is 26.7 Å². The lowest BCUT2D eigenvalue weighted by Crippen LogP contribution is -2.01. The largest absolute Gasteiger partial charge is 0.493 e. The first kappa shape index (κ1) is 14.9. The van der Waals surface area contributed by atoms with Gasteiger partial charge < -0.3 is 9.84 Å². The molecule has 0 heterocycles. The number of benzene rings is 1. The SMILES string of the molecule is Cc1ccc(C)c(OCCCSCCC(=O)O)c1. The summed E-state index contributed by atoms with van der Waals surface area (Å²) in [5, 5.41) is 8.48. The number of carbonyl (C=O) groups is 1. The molecule has 0 aliphatic carbocycles. The minimum Gasteiger partial charge on any atom is -0.493 e. The summed E-state index contributed by atoms with van der Waals surface area (Å²) >= 11 is 1.66. The molecule has 0 amide bonds. The fourth-order valence-corrected chi connectivity index (χ4v) is 2.31. The number of hydrogen-bond donors (Lipinski definition) is 1. The number of aliphatic carboxylic acids is 1. The van der Waals surface area contributed by atoms with Crippen molar-refractivity contribution >= 4 is 17.7 Å². The molecule has 0 unspecified atom stereocenters. The number of thioether (sulfide) groups is 1. The maximum atomic E-state index is 10.3. The van der Waals surface area contributed by atoms with E-state index in [1.807, 2.05) is 19.9 Å². The molecule has 100 valence electrons. The molecule has 1 N–H and O–H groups in total. The molecular weight excluding hydrogens is 248 g/mol. The Hall–Kier alpha value is -1.16. The van der Waals surface area contributed by atoms with Crippen molar-refractivity contribution < 1.29 is 14.6 Å². The third-order valence-corrected chi connectivity index (χ3v) is 3.56. The van der Waals surface area contributed by atoms with Crippen LogP contribution in [-0.4, -0.2) is 29.2 Å². The van der Waals surface area contributed by atoms with Gasteiger partial charge in [-0.1, -0.05) is 12.1 Å². The number of aryl methyl sites for hydroxylation is 2. The van der Waals surface area contributed by atoms with E-state index in [9.17, 15) is 4.79 Å². The van der Waals surface area contributed by atoms with E-state index in [4.69, 9.17) is 9.84 Å². The zero-order valence-corrected chi connectivity index (χ0v) is 11.8. The summed E-state index contributed by atoms with van der Waals surface area (Å²) in [7, 11) is 0. The maximum Gasteiger partial charge on any atom is 0.304 e. The third-order valence-electron chi connectivity index (χ3n) is 2.49. The van der Waals surface area contributed by atoms with E-state index in [1.54, 1.807) is 11.8 Å². The molecule has 0 aliphatic rings. The van der Waals surface area contributed by atoms with Crippen molar-refractivity contribution in [2.24, 2.45) is 0 Å². The molecule has 0 aromatic heterocycles. The smallest absolute Gasteiger partial charge is 0.304 e. The molecule has 0 saturated heterocycles. The van der Waals surface area contributed by atoms with Gasteiger partial charge in [0, 0.05) is 5.75 Å². The standard InChI is InChI=1S/C14H20O3S/c1-11-4-5-12(2)13(10-11)17-7-3-8-18-9-6-14(15)16/h4-5,10H,3,6-9H2,1-2H3,(H,15,16). The average Bonchev–Trinajstić information content (AvgIpc) is 2.32. The minimum atomic E-state index is -0.728. The first-order valence-electron chi connectivity index (χ1n) is 6.09. The van der Waals surface area contributed by atoms with Crippen molar-refractivity contribution in [3.8, 4) is 5.75 Å². The second kappa shape index (κ2) is 8.03. The second-order valence-electron chi connectivity index (χ2n) is 4.23. The van der Waals surface area contributed by atoms with Crippen LogP contribution in [0.3, 0.4) is 0 Å². The van der Waals surface area contributed by atoms with E-state index in [0.29, 0.717) is 12.4 Å². The van der Waals surface area contributed by atoms with E-state index in [-0.39, 0.29) is 6.42 Å². The Labute approximate surface area is 113 Å². The molecule has 1 aromatic rings. The van der Waals surface area contributed by atoms with Crippen LogP contribution >= 0.6 is 11.8 Å². The van der Waals surface area contributed by atoms with Crippen LogP contribution in [-0.2, 0) is 4.79 Å². The Bertz CT molecular complexity index is 391. The Morgan fingerprint density at radius 3 is 2.83 bits per heavy atom. The van der Waals surface area contributed by atoms with Gasteiger partial charge in [0.05, 0.1) is 13.0 Å². The van der Waals surface area contributed by atoms with Crippen LogP contribution < -0.4 is 4.74 Å². The molecule has 0 spiro atoms. The van der Waals surface area contributed by atoms with Crippen molar-refractivity contribution in [3.63, 3.8) is 0 Å². The fourth-order valence-electron chi connectivity index (χ4n) is 1.47. The molecule has 1 aromatic carbocycles. The highest BCUT2D eigenvalue weighted by molar-refractivity contribution is 7.99. The van der Waals surface area contributed by atoms with Gasteiger partial charge in [0.2, 0.25) is 0 Å². The fraction of sp³-hybridized carbons (Fsp3) is 0.500. The van der Waals surface area contributed by atoms with Crippen molar-refractivity contribution in [2.75, 3.05) is 18.1 Å². The van der Waals surface area contributed by atoms with Gasteiger partial charge in [0.1, 0.15) is 5.75 Å². The molecule has 0 bridgehead atoms. The monoisotopic (exact) mass is 268 g/mol. The predicted molar refractivity (Wildman–Crippen MR) is 75.6 cm³/mol. The van der Waals surface area contributed by atoms with Gasteiger partial charge in [-0.15, -0.1) is 0 Å². The van der Waals surface area contributed by atoms with E-state index >= 15 is 0 Å². The topological polar surface area (TPSA) is 46.5 Å². The lowest BCUT2D eigenvalue weighted by molar-refractivity contribution is -0.136. The number of rotatable bonds is 8. The number of ether oxygens (including phenoxy) is 1. The van der Waals surface area contributed by atoms with E-state index in [1.165, 1.54) is 5.56 Å². The van der Waals surface area contributed by atoms with Crippen LogP contribution in [0.5, 0.6) is 5.75 Å². The summed E-state index contributed by atoms with van der Waals surface area (Å²) < 4.78 is 5.72. The van der Waals surface area contributed by atoms with Crippen LogP contribution in [0, 0.1) is 13.8 Å². The molecule has 1 rings (SSSR count). The van der Waals surface area contributed by atoms with Gasteiger partial charge in [-0.2, -0.15) is 11.8 Å². The summed E-state index contributed by atoms with van der Waals surface area (Å²) in [6, 6.07) is 6.18. The van der Waals surface area contributed by atoms with E-state index in [2.05, 4.69) is 12.1 Å². The average molecular weight is 268 g/mol. The van der Waals surface area contributed by atoms with Crippen LogP contribution in [0.25, 0.3) is 0 Å². The quantitative estimate of drug-likeness (QED) is 0.735. The molecule has 0 fully saturated rings. The van der Waals surface area contributed by atoms with Gasteiger partial charge in [0.25, 0.3) is 0 Å². The molecule has 0 radical (unpaired) electrons. The zero-order chi connectivity index (χ0) is 13.4. The molecule has 0 saturated carbocycles. The van der Waals surface area contributed by atoms with E-state index < -0.39 is 5.97 Å². The van der Waals surface area contributed by atoms with Crippen LogP contribution in [0.1, 0.15) is 24.0 Å². The lowest BCUT2D eigenvalue weighted by atomic mass is 10.1. The molecule has 4 heteroatoms. The van der Waals surface area contributed by atoms with Gasteiger partial charge >= 0.3 is 5.97 Å². The van der Waals surface area contributed by atoms with Gasteiger partial charge in [-0.05, 0) is 43.2 Å². The van der Waals surface area contributed by atoms with Crippen molar-refractivity contribution in [1.29, 1.82) is 0 Å². The molecule has 0 aliphatic heterocycles. The third kappa shape index (κ3) is 5.96. The predicted octanol–water partition coefficient (Wildman–Crippen LogP) is 3.28. The van der Waals surface area contributed by atoms with Crippen molar-refractivity contribution in [1.82, 2.24) is 0 Å². The van der Waals surface area contributed by atoms with Gasteiger partial charge in [0.15, 0.2) is 0 Å². The number of hydrogen-bond acceptors (Lipinski definition) is 3. The second-order valence-corrected chi connectivity index (χ2v) is 5.45. The highest BCUT2D eigenvalue weighted by Gasteiger charge is 2.00. The molecular formula is C14H20O3S. The van der Waals surface area contributed by atoms with Crippen molar-refractivity contribution in [3.05, 3.63) is 29.3 Å². The first-order chi connectivity index (χ1) is 8.59. The summed E-state index contributed by atoms with van der Waals surface area (Å²) in [6.07, 6.45) is 1.18. The number of carboxylic acid groups (broad SMARTS) is 1. The van der Waals surface area contributed by atoms with Gasteiger partial charge in [-0.25, -0.2) is 0 Å². The summed E-state index contributed by atoms with van der Waals surface area (Å²) in [5.74, 6) is 1.84. The first-order valence-corrected chi connectivity index (χ1v) is 7.24. The molecule has 18 heavy (non-hydrogen) atoms. The maximum absolute atomic E-state index is 10.3. The number of carboxylic acids is 1. The van der Waals surface area contributed by atoms with Crippen LogP contribution in [0.4, 0.5) is 0 Å². The van der Waals surface area contributed by atoms with Crippen LogP contribution in [0.15, 0.2) is 18.2 Å². The van der Waals surface area contributed by atoms with Crippen LogP contribution in [0.2, 0.25) is 0 Å². The normalized spacial score (nSPS) is 10.3.